The van der Waals surface area contributed by atoms with Crippen molar-refractivity contribution in [1.82, 2.24) is 0 Å². The zero-order valence-electron chi connectivity index (χ0n) is 8.35. The first kappa shape index (κ1) is 10.6. The van der Waals surface area contributed by atoms with Crippen molar-refractivity contribution in [1.29, 1.82) is 0 Å². The van der Waals surface area contributed by atoms with E-state index in [0.29, 0.717) is 0 Å². The summed E-state index contributed by atoms with van der Waals surface area (Å²) < 4.78 is 5.80. The van der Waals surface area contributed by atoms with E-state index in [0.717, 1.165) is 6.61 Å². The third-order valence-electron chi connectivity index (χ3n) is 2.65. The van der Waals surface area contributed by atoms with Crippen LogP contribution in [-0.2, 0) is 3.79 Å². The molecule has 0 atom stereocenters. The third-order valence-corrected chi connectivity index (χ3v) is 5.47. The Morgan fingerprint density at radius 3 is 2.75 bits per heavy atom. The molecule has 0 radical (unpaired) electrons. The second kappa shape index (κ2) is 6.95. The number of unbranched alkanes of at least 4 members (excludes halogenated alkanes) is 3. The predicted molar refractivity (Wildman–Crippen MR) is 54.7 cm³/mol. The zero-order valence-corrected chi connectivity index (χ0v) is 9.50. The van der Waals surface area contributed by atoms with Gasteiger partial charge in [0.25, 0.3) is 0 Å². The lowest BCUT2D eigenvalue weighted by atomic mass is 10.2. The molecule has 0 saturated carbocycles. The van der Waals surface area contributed by atoms with Gasteiger partial charge in [-0.2, -0.15) is 0 Å². The summed E-state index contributed by atoms with van der Waals surface area (Å²) in [6.07, 6.45) is 8.41. The van der Waals surface area contributed by atoms with Crippen LogP contribution in [0, 0.1) is 0 Å². The molecule has 0 aromatic rings. The fraction of sp³-hybridized carbons (Fsp3) is 1.00. The van der Waals surface area contributed by atoms with Crippen LogP contribution in [-0.4, -0.2) is 21.1 Å². The number of hydrogen-bond acceptors (Lipinski definition) is 1. The van der Waals surface area contributed by atoms with Crippen LogP contribution >= 0.6 is 0 Å². The van der Waals surface area contributed by atoms with Gasteiger partial charge in [0.15, 0.2) is 0 Å². The quantitative estimate of drug-likeness (QED) is 0.470. The maximum Gasteiger partial charge on any atom is 0.460 e. The molecular weight excluding hydrogens is 163 g/mol. The van der Waals surface area contributed by atoms with Crippen LogP contribution < -0.4 is 0 Å². The molecule has 1 rings (SSSR count). The molecule has 70 valence electrons. The van der Waals surface area contributed by atoms with Crippen LogP contribution in [0.3, 0.4) is 0 Å². The maximum atomic E-state index is 5.80. The largest absolute Gasteiger partial charge is 0.501 e. The Labute approximate surface area is 81.2 Å². The number of hydrogen-bond donors (Lipinski definition) is 0. The lowest BCUT2D eigenvalue weighted by Crippen LogP contribution is -2.22. The highest BCUT2D eigenvalue weighted by Crippen LogP contribution is 2.16. The van der Waals surface area contributed by atoms with Crippen LogP contribution in [0.15, 0.2) is 0 Å². The maximum absolute atomic E-state index is 5.80. The highest BCUT2D eigenvalue weighted by atomic mass is 27.2. The lowest BCUT2D eigenvalue weighted by molar-refractivity contribution is 0.285. The van der Waals surface area contributed by atoms with Gasteiger partial charge < -0.3 is 3.79 Å². The van der Waals surface area contributed by atoms with Crippen LogP contribution in [0.5, 0.6) is 0 Å². The average Bonchev–Trinajstić information content (AvgIpc) is 2.14. The lowest BCUT2D eigenvalue weighted by Gasteiger charge is -2.17. The van der Waals surface area contributed by atoms with E-state index in [1.54, 1.807) is 0 Å². The van der Waals surface area contributed by atoms with Crippen LogP contribution in [0.2, 0.25) is 10.6 Å². The summed E-state index contributed by atoms with van der Waals surface area (Å²) in [5.74, 6) is 0. The first-order chi connectivity index (χ1) is 5.93. The second-order valence-electron chi connectivity index (χ2n) is 3.84. The Balaban J connectivity index is 1.91. The van der Waals surface area contributed by atoms with Crippen molar-refractivity contribution in [3.63, 3.8) is 0 Å². The van der Waals surface area contributed by atoms with E-state index in [-0.39, 0.29) is 0 Å². The zero-order chi connectivity index (χ0) is 8.65. The Kier molecular flexibility index (Phi) is 6.12. The van der Waals surface area contributed by atoms with Crippen molar-refractivity contribution in [2.24, 2.45) is 0 Å². The van der Waals surface area contributed by atoms with Gasteiger partial charge in [0, 0.05) is 6.61 Å². The van der Waals surface area contributed by atoms with Gasteiger partial charge in [-0.25, -0.2) is 0 Å². The molecule has 2 heteroatoms. The first-order valence-electron chi connectivity index (χ1n) is 5.55. The molecule has 1 saturated heterocycles. The van der Waals surface area contributed by atoms with Gasteiger partial charge in [0.05, 0.1) is 0 Å². The van der Waals surface area contributed by atoms with Gasteiger partial charge in [-0.1, -0.05) is 49.6 Å². The molecule has 0 bridgehead atoms. The van der Waals surface area contributed by atoms with Crippen molar-refractivity contribution in [2.75, 3.05) is 6.61 Å². The summed E-state index contributed by atoms with van der Waals surface area (Å²) in [7, 11) is 0. The molecule has 0 amide bonds. The van der Waals surface area contributed by atoms with E-state index in [1.807, 2.05) is 0 Å². The Morgan fingerprint density at radius 1 is 1.17 bits per heavy atom. The average molecular weight is 184 g/mol. The van der Waals surface area contributed by atoms with Gasteiger partial charge in [-0.15, -0.1) is 0 Å². The highest BCUT2D eigenvalue weighted by molar-refractivity contribution is 6.51. The fourth-order valence-electron chi connectivity index (χ4n) is 1.83. The Bertz CT molecular complexity index is 100. The smallest absolute Gasteiger partial charge is 0.460 e. The fourth-order valence-corrected chi connectivity index (χ4v) is 4.44. The molecule has 0 spiro atoms. The molecule has 1 fully saturated rings. The van der Waals surface area contributed by atoms with Crippen LogP contribution in [0.25, 0.3) is 0 Å². The van der Waals surface area contributed by atoms with Crippen molar-refractivity contribution in [2.45, 2.75) is 56.0 Å². The third kappa shape index (κ3) is 4.50. The van der Waals surface area contributed by atoms with E-state index in [1.165, 1.54) is 49.1 Å². The summed E-state index contributed by atoms with van der Waals surface area (Å²) in [5, 5.41) is 2.89. The molecule has 1 aliphatic heterocycles. The summed E-state index contributed by atoms with van der Waals surface area (Å²) in [6, 6.07) is 0. The van der Waals surface area contributed by atoms with Gasteiger partial charge in [0.2, 0.25) is 0 Å². The SMILES string of the molecule is CCCCC[CH2][Al]1[CH2]CCC[O]1. The Morgan fingerprint density at radius 2 is 2.08 bits per heavy atom. The topological polar surface area (TPSA) is 9.23 Å². The van der Waals surface area contributed by atoms with E-state index in [2.05, 4.69) is 6.92 Å². The molecule has 0 N–H and O–H groups in total. The monoisotopic (exact) mass is 184 g/mol. The highest BCUT2D eigenvalue weighted by Gasteiger charge is 2.22. The van der Waals surface area contributed by atoms with E-state index < -0.39 is 14.5 Å². The number of rotatable bonds is 5. The molecule has 0 aromatic carbocycles. The molecule has 0 aliphatic carbocycles. The van der Waals surface area contributed by atoms with Crippen molar-refractivity contribution in [3.8, 4) is 0 Å². The summed E-state index contributed by atoms with van der Waals surface area (Å²) in [4.78, 5) is 0. The molecule has 1 aliphatic rings. The van der Waals surface area contributed by atoms with E-state index >= 15 is 0 Å². The van der Waals surface area contributed by atoms with Crippen molar-refractivity contribution < 1.29 is 3.79 Å². The molecule has 1 nitrogen and oxygen atoms in total. The van der Waals surface area contributed by atoms with Crippen molar-refractivity contribution in [3.05, 3.63) is 0 Å². The summed E-state index contributed by atoms with van der Waals surface area (Å²) >= 11 is -0.669. The van der Waals surface area contributed by atoms with Crippen LogP contribution in [0.4, 0.5) is 0 Å². The Hall–Kier alpha value is 0.492. The van der Waals surface area contributed by atoms with E-state index in [4.69, 9.17) is 3.79 Å². The second-order valence-corrected chi connectivity index (χ2v) is 6.57. The molecule has 0 aromatic heterocycles. The van der Waals surface area contributed by atoms with Gasteiger partial charge in [0.1, 0.15) is 0 Å². The minimum atomic E-state index is -0.669. The minimum Gasteiger partial charge on any atom is -0.501 e. The standard InChI is InChI=1S/C6H13.C4H8O.Al/c1-3-5-6-4-2;1-2-3-4-5;/h1,3-6H2,2H3;1-4H2;/q;-1;+1. The minimum absolute atomic E-state index is 0.669. The molecule has 1 heterocycles. The predicted octanol–water partition coefficient (Wildman–Crippen LogP) is 3.37. The van der Waals surface area contributed by atoms with Crippen molar-refractivity contribution >= 4 is 14.5 Å². The first-order valence-corrected chi connectivity index (χ1v) is 7.65. The normalized spacial score (nSPS) is 18.2. The van der Waals surface area contributed by atoms with Crippen LogP contribution in [0.1, 0.15) is 45.4 Å². The molecule has 0 unspecified atom stereocenters. The molecule has 12 heavy (non-hydrogen) atoms. The summed E-state index contributed by atoms with van der Waals surface area (Å²) in [6.45, 7) is 3.35. The van der Waals surface area contributed by atoms with E-state index in [9.17, 15) is 0 Å². The van der Waals surface area contributed by atoms with Gasteiger partial charge in [-0.05, 0) is 6.42 Å². The van der Waals surface area contributed by atoms with Gasteiger partial charge in [-0.3, -0.25) is 0 Å². The summed E-state index contributed by atoms with van der Waals surface area (Å²) in [5.41, 5.74) is 0. The molecular formula is C10H21AlO. The van der Waals surface area contributed by atoms with Gasteiger partial charge >= 0.3 is 14.5 Å².